The molecule has 0 bridgehead atoms. The minimum atomic E-state index is -1.99. The summed E-state index contributed by atoms with van der Waals surface area (Å²) in [6.07, 6.45) is 1.87. The van der Waals surface area contributed by atoms with Gasteiger partial charge in [0.25, 0.3) is 11.8 Å². The van der Waals surface area contributed by atoms with Crippen LogP contribution in [-0.4, -0.2) is 62.5 Å². The number of phenols is 1. The number of halogens is 3. The van der Waals surface area contributed by atoms with Crippen LogP contribution in [0.2, 0.25) is 5.02 Å². The van der Waals surface area contributed by atoms with Crippen molar-refractivity contribution < 1.29 is 33.4 Å². The van der Waals surface area contributed by atoms with E-state index >= 15 is 0 Å². The minimum absolute atomic E-state index is 0.0269. The van der Waals surface area contributed by atoms with Gasteiger partial charge in [-0.3, -0.25) is 29.0 Å². The van der Waals surface area contributed by atoms with Crippen LogP contribution in [0.1, 0.15) is 24.3 Å². The highest BCUT2D eigenvalue weighted by molar-refractivity contribution is 6.53. The third kappa shape index (κ3) is 3.96. The Balaban J connectivity index is 1.19. The van der Waals surface area contributed by atoms with Crippen LogP contribution in [0.25, 0.3) is 22.6 Å². The maximum absolute atomic E-state index is 14.3. The number of oxazole rings is 1. The predicted octanol–water partition coefficient (Wildman–Crippen LogP) is 6.06. The van der Waals surface area contributed by atoms with Crippen molar-refractivity contribution in [3.05, 3.63) is 82.9 Å². The molecule has 2 aliphatic carbocycles. The Kier molecular flexibility index (Phi) is 6.80. The number of aromatic nitrogens is 1. The highest BCUT2D eigenvalue weighted by Crippen LogP contribution is 2.65. The lowest BCUT2D eigenvalue weighted by Crippen LogP contribution is -2.60. The number of rotatable bonds is 4. The van der Waals surface area contributed by atoms with Crippen molar-refractivity contribution in [1.29, 1.82) is 0 Å². The van der Waals surface area contributed by atoms with E-state index in [4.69, 9.17) is 44.0 Å². The number of carbonyl (C=O) groups is 4. The summed E-state index contributed by atoms with van der Waals surface area (Å²) < 4.78 is 11.2. The van der Waals surface area contributed by atoms with Gasteiger partial charge < -0.3 is 14.3 Å². The molecule has 48 heavy (non-hydrogen) atoms. The van der Waals surface area contributed by atoms with Gasteiger partial charge in [0, 0.05) is 18.5 Å². The summed E-state index contributed by atoms with van der Waals surface area (Å²) in [6.45, 7) is 0. The molecule has 4 amide bonds. The molecule has 1 N–H and O–H groups in total. The Bertz CT molecular complexity index is 2100. The van der Waals surface area contributed by atoms with E-state index in [2.05, 4.69) is 4.98 Å². The van der Waals surface area contributed by atoms with Crippen molar-refractivity contribution in [2.45, 2.75) is 28.5 Å². The van der Waals surface area contributed by atoms with Crippen molar-refractivity contribution in [2.75, 3.05) is 19.1 Å². The zero-order valence-electron chi connectivity index (χ0n) is 25.4. The second-order valence-electron chi connectivity index (χ2n) is 12.6. The van der Waals surface area contributed by atoms with E-state index < -0.39 is 51.1 Å². The van der Waals surface area contributed by atoms with E-state index in [0.717, 1.165) is 4.90 Å². The van der Waals surface area contributed by atoms with Crippen LogP contribution >= 0.6 is 34.8 Å². The maximum atomic E-state index is 14.3. The molecule has 0 spiro atoms. The number of benzene rings is 3. The summed E-state index contributed by atoms with van der Waals surface area (Å²) >= 11 is 20.9. The number of anilines is 1. The van der Waals surface area contributed by atoms with Gasteiger partial charge in [-0.2, -0.15) is 0 Å². The SMILES string of the molecule is COc1cc(C2C3=CCC4C(=O)N(c5ccc(-c6nc7ccccc7o6)cc5)C(=O)C4C3CC3(Cl)C(=O)N(C)C(=O)C23Cl)cc(Cl)c1O. The number of carbonyl (C=O) groups excluding carboxylic acids is 4. The number of fused-ring (bicyclic) bond motifs is 5. The Hall–Kier alpha value is -4.38. The minimum Gasteiger partial charge on any atom is -0.503 e. The normalized spacial score (nSPS) is 29.6. The molecule has 2 aliphatic heterocycles. The first-order valence-corrected chi connectivity index (χ1v) is 16.3. The van der Waals surface area contributed by atoms with E-state index in [0.29, 0.717) is 39.4 Å². The van der Waals surface area contributed by atoms with Gasteiger partial charge in [0.1, 0.15) is 5.52 Å². The van der Waals surface area contributed by atoms with Gasteiger partial charge in [-0.1, -0.05) is 35.4 Å². The molecule has 2 saturated heterocycles. The monoisotopic (exact) mass is 705 g/mol. The number of para-hydroxylation sites is 2. The topological polar surface area (TPSA) is 130 Å². The zero-order valence-corrected chi connectivity index (χ0v) is 27.7. The zero-order chi connectivity index (χ0) is 33.9. The first kappa shape index (κ1) is 30.9. The van der Waals surface area contributed by atoms with Crippen molar-refractivity contribution >= 4 is 75.2 Å². The number of methoxy groups -OCH3 is 1. The third-order valence-corrected chi connectivity index (χ3v) is 12.0. The summed E-state index contributed by atoms with van der Waals surface area (Å²) in [5.74, 6) is -5.47. The second kappa shape index (κ2) is 10.6. The van der Waals surface area contributed by atoms with Crippen LogP contribution in [0, 0.1) is 17.8 Å². The van der Waals surface area contributed by atoms with Gasteiger partial charge in [-0.15, -0.1) is 23.2 Å². The van der Waals surface area contributed by atoms with Crippen LogP contribution < -0.4 is 9.64 Å². The molecule has 1 aromatic heterocycles. The van der Waals surface area contributed by atoms with E-state index in [-0.39, 0.29) is 35.3 Å². The predicted molar refractivity (Wildman–Crippen MR) is 177 cm³/mol. The fourth-order valence-corrected chi connectivity index (χ4v) is 9.28. The molecule has 13 heteroatoms. The second-order valence-corrected chi connectivity index (χ2v) is 14.2. The molecule has 4 aromatic rings. The number of alkyl halides is 2. The van der Waals surface area contributed by atoms with E-state index in [1.165, 1.54) is 31.2 Å². The molecule has 10 nitrogen and oxygen atoms in total. The lowest BCUT2D eigenvalue weighted by Gasteiger charge is -2.50. The van der Waals surface area contributed by atoms with Gasteiger partial charge in [0.15, 0.2) is 26.8 Å². The maximum Gasteiger partial charge on any atom is 0.253 e. The lowest BCUT2D eigenvalue weighted by atomic mass is 9.56. The molecule has 4 aliphatic rings. The Morgan fingerprint density at radius 1 is 0.979 bits per heavy atom. The van der Waals surface area contributed by atoms with Crippen molar-refractivity contribution in [3.63, 3.8) is 0 Å². The third-order valence-electron chi connectivity index (χ3n) is 10.3. The van der Waals surface area contributed by atoms with Gasteiger partial charge in [-0.25, -0.2) is 4.98 Å². The number of hydrogen-bond donors (Lipinski definition) is 1. The number of hydrogen-bond acceptors (Lipinski definition) is 8. The first-order chi connectivity index (χ1) is 22.9. The summed E-state index contributed by atoms with van der Waals surface area (Å²) in [5, 5.41) is 10.4. The molecule has 3 aromatic carbocycles. The number of aromatic hydroxyl groups is 1. The lowest BCUT2D eigenvalue weighted by molar-refractivity contribution is -0.138. The van der Waals surface area contributed by atoms with Crippen LogP contribution in [0.4, 0.5) is 5.69 Å². The van der Waals surface area contributed by atoms with Crippen LogP contribution in [0.15, 0.2) is 76.7 Å². The summed E-state index contributed by atoms with van der Waals surface area (Å²) in [5.41, 5.74) is 3.35. The number of amides is 4. The molecular formula is C35H26Cl3N3O7. The number of allylic oxidation sites excluding steroid dienone is 2. The fourth-order valence-electron chi connectivity index (χ4n) is 8.04. The number of nitrogens with zero attached hydrogens (tertiary/aromatic N) is 3. The molecule has 6 unspecified atom stereocenters. The van der Waals surface area contributed by atoms with Crippen LogP contribution in [0.3, 0.4) is 0 Å². The van der Waals surface area contributed by atoms with Gasteiger partial charge in [-0.05, 0) is 72.9 Å². The number of imide groups is 2. The highest BCUT2D eigenvalue weighted by atomic mass is 35.5. The Labute approximate surface area is 288 Å². The molecule has 8 rings (SSSR count). The van der Waals surface area contributed by atoms with E-state index in [9.17, 15) is 24.3 Å². The summed E-state index contributed by atoms with van der Waals surface area (Å²) in [7, 11) is 2.66. The number of likely N-dealkylation sites (tertiary alicyclic amines) is 1. The highest BCUT2D eigenvalue weighted by Gasteiger charge is 2.76. The molecule has 6 atom stereocenters. The average Bonchev–Trinajstić information content (AvgIpc) is 3.67. The van der Waals surface area contributed by atoms with E-state index in [1.54, 1.807) is 24.3 Å². The van der Waals surface area contributed by atoms with Crippen molar-refractivity contribution in [3.8, 4) is 23.0 Å². The Morgan fingerprint density at radius 2 is 1.71 bits per heavy atom. The van der Waals surface area contributed by atoms with Crippen LogP contribution in [0.5, 0.6) is 11.5 Å². The number of ether oxygens (including phenoxy) is 1. The smallest absolute Gasteiger partial charge is 0.253 e. The van der Waals surface area contributed by atoms with Crippen LogP contribution in [-0.2, 0) is 19.2 Å². The largest absolute Gasteiger partial charge is 0.503 e. The van der Waals surface area contributed by atoms with Gasteiger partial charge in [0.2, 0.25) is 17.7 Å². The summed E-state index contributed by atoms with van der Waals surface area (Å²) in [4.78, 5) is 58.5. The van der Waals surface area contributed by atoms with Gasteiger partial charge in [0.05, 0.1) is 29.7 Å². The van der Waals surface area contributed by atoms with E-state index in [1.807, 2.05) is 30.3 Å². The van der Waals surface area contributed by atoms with Crippen molar-refractivity contribution in [2.24, 2.45) is 17.8 Å². The standard InChI is InChI=1S/C35H26Cl3N3O7/c1-40-32(45)34(37)15-21-19(27(35(34,38)33(40)46)17-13-22(36)28(42)25(14-17)47-2)11-12-20-26(21)31(44)41(30(20)43)18-9-7-16(8-10-18)29-39-23-5-3-4-6-24(23)48-29/h3-11,13-14,20-21,26-27,42H,12,15H2,1-2H3. The molecular weight excluding hydrogens is 681 g/mol. The molecule has 244 valence electrons. The fraction of sp³-hybridized carbons (Fsp3) is 0.286. The number of phenolic OH excluding ortho intramolecular Hbond substituents is 1. The quantitative estimate of drug-likeness (QED) is 0.154. The molecule has 0 radical (unpaired) electrons. The molecule has 1 saturated carbocycles. The molecule has 3 fully saturated rings. The Morgan fingerprint density at radius 3 is 2.42 bits per heavy atom. The average molecular weight is 707 g/mol. The van der Waals surface area contributed by atoms with Gasteiger partial charge >= 0.3 is 0 Å². The first-order valence-electron chi connectivity index (χ1n) is 15.2. The van der Waals surface area contributed by atoms with Crippen molar-refractivity contribution in [1.82, 2.24) is 9.88 Å². The summed E-state index contributed by atoms with van der Waals surface area (Å²) in [6, 6.07) is 17.1. The molecule has 3 heterocycles.